The monoisotopic (exact) mass is 406 g/mol. The number of hydrogen-bond donors (Lipinski definition) is 1. The Kier molecular flexibility index (Phi) is 7.94. The summed E-state index contributed by atoms with van der Waals surface area (Å²) in [6.45, 7) is 2.81. The number of carbonyl (C=O) groups is 1. The molecule has 2 aromatic carbocycles. The molecule has 2 aromatic rings. The quantitative estimate of drug-likeness (QED) is 0.483. The molecule has 0 unspecified atom stereocenters. The molecule has 0 aliphatic rings. The average molecular weight is 406 g/mol. The van der Waals surface area contributed by atoms with Gasteiger partial charge in [0.15, 0.2) is 18.1 Å². The second kappa shape index (κ2) is 10.4. The van der Waals surface area contributed by atoms with Crippen LogP contribution in [0.1, 0.15) is 36.5 Å². The number of hydrogen-bond acceptors (Lipinski definition) is 5. The van der Waals surface area contributed by atoms with Crippen LogP contribution in [0, 0.1) is 6.92 Å². The first kappa shape index (κ1) is 22.1. The first-order chi connectivity index (χ1) is 13.8. The maximum absolute atomic E-state index is 12.3. The molecule has 0 fully saturated rings. The van der Waals surface area contributed by atoms with Crippen molar-refractivity contribution < 1.29 is 27.9 Å². The van der Waals surface area contributed by atoms with E-state index in [1.165, 1.54) is 31.5 Å². The molecule has 6 nitrogen and oxygen atoms in total. The molecule has 2 rings (SSSR count). The van der Waals surface area contributed by atoms with Crippen molar-refractivity contribution in [2.24, 2.45) is 5.16 Å². The summed E-state index contributed by atoms with van der Waals surface area (Å²) in [5, 5.41) is 6.60. The molecule has 0 radical (unpaired) electrons. The number of carbonyl (C=O) groups excluding carboxylic acids is 1. The zero-order valence-electron chi connectivity index (χ0n) is 16.7. The number of para-hydroxylation sites is 1. The Morgan fingerprint density at radius 1 is 1.21 bits per heavy atom. The Bertz CT molecular complexity index is 870. The van der Waals surface area contributed by atoms with Crippen LogP contribution in [0.5, 0.6) is 11.5 Å². The number of oxime groups is 1. The van der Waals surface area contributed by atoms with Crippen molar-refractivity contribution >= 4 is 17.8 Å². The predicted octanol–water partition coefficient (Wildman–Crippen LogP) is 4.72. The number of rotatable bonds is 9. The van der Waals surface area contributed by atoms with Crippen LogP contribution in [0.2, 0.25) is 0 Å². The molecule has 1 N–H and O–H groups in total. The van der Waals surface area contributed by atoms with Gasteiger partial charge in [0.25, 0.3) is 5.91 Å². The molecule has 0 spiro atoms. The van der Waals surface area contributed by atoms with Gasteiger partial charge in [-0.25, -0.2) is 0 Å². The standard InChI is InChI=1S/C21H24F2N2O4/c1-13(2)16-7-5-6-14(3)20(16)25-19(26)12-28-24-11-15-8-9-17(29-21(22)23)18(10-15)27-4/h5-11,13,21H,12H2,1-4H3,(H,25,26)/b24-11+. The van der Waals surface area contributed by atoms with Crippen LogP contribution in [0.4, 0.5) is 14.5 Å². The Labute approximate surface area is 168 Å². The van der Waals surface area contributed by atoms with Crippen LogP contribution in [0.15, 0.2) is 41.6 Å². The normalized spacial score (nSPS) is 11.2. The van der Waals surface area contributed by atoms with Crippen molar-refractivity contribution in [2.75, 3.05) is 19.0 Å². The Morgan fingerprint density at radius 2 is 1.97 bits per heavy atom. The van der Waals surface area contributed by atoms with Crippen LogP contribution >= 0.6 is 0 Å². The lowest BCUT2D eigenvalue weighted by Gasteiger charge is -2.16. The summed E-state index contributed by atoms with van der Waals surface area (Å²) in [5.41, 5.74) is 3.32. The maximum Gasteiger partial charge on any atom is 0.387 e. The molecular weight excluding hydrogens is 382 g/mol. The van der Waals surface area contributed by atoms with Gasteiger partial charge in [-0.3, -0.25) is 4.79 Å². The Hall–Kier alpha value is -3.16. The van der Waals surface area contributed by atoms with Crippen molar-refractivity contribution in [2.45, 2.75) is 33.3 Å². The SMILES string of the molecule is COc1cc(/C=N/OCC(=O)Nc2c(C)cccc2C(C)C)ccc1OC(F)F. The molecule has 8 heteroatoms. The minimum atomic E-state index is -2.95. The fourth-order valence-electron chi connectivity index (χ4n) is 2.67. The van der Waals surface area contributed by atoms with Crippen LogP contribution in [0.3, 0.4) is 0 Å². The van der Waals surface area contributed by atoms with Crippen molar-refractivity contribution in [3.63, 3.8) is 0 Å². The van der Waals surface area contributed by atoms with Crippen molar-refractivity contribution in [3.05, 3.63) is 53.1 Å². The third-order valence-electron chi connectivity index (χ3n) is 4.07. The van der Waals surface area contributed by atoms with Gasteiger partial charge in [-0.15, -0.1) is 0 Å². The van der Waals surface area contributed by atoms with Gasteiger partial charge in [-0.05, 0) is 42.2 Å². The lowest BCUT2D eigenvalue weighted by Crippen LogP contribution is -2.19. The van der Waals surface area contributed by atoms with Gasteiger partial charge < -0.3 is 19.6 Å². The number of anilines is 1. The number of nitrogens with one attached hydrogen (secondary N) is 1. The van der Waals surface area contributed by atoms with Crippen molar-refractivity contribution in [3.8, 4) is 11.5 Å². The van der Waals surface area contributed by atoms with Gasteiger partial charge in [-0.2, -0.15) is 8.78 Å². The highest BCUT2D eigenvalue weighted by molar-refractivity contribution is 5.93. The topological polar surface area (TPSA) is 69.2 Å². The number of amides is 1. The van der Waals surface area contributed by atoms with E-state index in [4.69, 9.17) is 9.57 Å². The average Bonchev–Trinajstić information content (AvgIpc) is 2.67. The molecule has 0 saturated heterocycles. The fraction of sp³-hybridized carbons (Fsp3) is 0.333. The highest BCUT2D eigenvalue weighted by Crippen LogP contribution is 2.29. The van der Waals surface area contributed by atoms with Gasteiger partial charge in [0.2, 0.25) is 0 Å². The largest absolute Gasteiger partial charge is 0.493 e. The number of benzene rings is 2. The van der Waals surface area contributed by atoms with Crippen LogP contribution in [-0.4, -0.2) is 32.4 Å². The lowest BCUT2D eigenvalue weighted by atomic mass is 9.98. The summed E-state index contributed by atoms with van der Waals surface area (Å²) in [7, 11) is 1.34. The van der Waals surface area contributed by atoms with E-state index in [0.29, 0.717) is 5.56 Å². The molecule has 0 heterocycles. The summed E-state index contributed by atoms with van der Waals surface area (Å²) in [5.74, 6) is -0.0281. The van der Waals surface area contributed by atoms with E-state index in [1.807, 2.05) is 25.1 Å². The number of methoxy groups -OCH3 is 1. The number of aryl methyl sites for hydroxylation is 1. The van der Waals surface area contributed by atoms with E-state index in [2.05, 4.69) is 29.1 Å². The minimum Gasteiger partial charge on any atom is -0.493 e. The highest BCUT2D eigenvalue weighted by Gasteiger charge is 2.13. The number of ether oxygens (including phenoxy) is 2. The summed E-state index contributed by atoms with van der Waals surface area (Å²) >= 11 is 0. The Balaban J connectivity index is 1.95. The maximum atomic E-state index is 12.3. The molecule has 0 atom stereocenters. The number of halogens is 2. The summed E-state index contributed by atoms with van der Waals surface area (Å²) in [6, 6.07) is 10.2. The predicted molar refractivity (Wildman–Crippen MR) is 107 cm³/mol. The fourth-order valence-corrected chi connectivity index (χ4v) is 2.67. The first-order valence-corrected chi connectivity index (χ1v) is 8.99. The second-order valence-corrected chi connectivity index (χ2v) is 6.54. The minimum absolute atomic E-state index is 0.0841. The highest BCUT2D eigenvalue weighted by atomic mass is 19.3. The van der Waals surface area contributed by atoms with E-state index in [0.717, 1.165) is 16.8 Å². The molecule has 0 saturated carbocycles. The van der Waals surface area contributed by atoms with Crippen LogP contribution in [0.25, 0.3) is 0 Å². The van der Waals surface area contributed by atoms with Gasteiger partial charge in [0, 0.05) is 11.3 Å². The summed E-state index contributed by atoms with van der Waals surface area (Å²) in [6.07, 6.45) is 1.34. The molecule has 0 aromatic heterocycles. The number of nitrogens with zero attached hydrogens (tertiary/aromatic N) is 1. The molecular formula is C21H24F2N2O4. The molecule has 0 bridgehead atoms. The van der Waals surface area contributed by atoms with E-state index in [-0.39, 0.29) is 29.9 Å². The van der Waals surface area contributed by atoms with Crippen LogP contribution < -0.4 is 14.8 Å². The summed E-state index contributed by atoms with van der Waals surface area (Å²) in [4.78, 5) is 17.2. The van der Waals surface area contributed by atoms with Crippen molar-refractivity contribution in [1.29, 1.82) is 0 Å². The third kappa shape index (κ3) is 6.44. The first-order valence-electron chi connectivity index (χ1n) is 8.99. The molecule has 0 aliphatic heterocycles. The van der Waals surface area contributed by atoms with Crippen LogP contribution in [-0.2, 0) is 9.63 Å². The van der Waals surface area contributed by atoms with Gasteiger partial charge >= 0.3 is 6.61 Å². The molecule has 29 heavy (non-hydrogen) atoms. The molecule has 156 valence electrons. The van der Waals surface area contributed by atoms with Crippen molar-refractivity contribution in [1.82, 2.24) is 0 Å². The summed E-state index contributed by atoms with van der Waals surface area (Å²) < 4.78 is 34.1. The smallest absolute Gasteiger partial charge is 0.387 e. The van der Waals surface area contributed by atoms with E-state index >= 15 is 0 Å². The van der Waals surface area contributed by atoms with E-state index in [1.54, 1.807) is 0 Å². The molecule has 1 amide bonds. The van der Waals surface area contributed by atoms with E-state index < -0.39 is 6.61 Å². The van der Waals surface area contributed by atoms with Gasteiger partial charge in [0.05, 0.1) is 13.3 Å². The molecule has 0 aliphatic carbocycles. The lowest BCUT2D eigenvalue weighted by molar-refractivity contribution is -0.120. The Morgan fingerprint density at radius 3 is 2.62 bits per heavy atom. The third-order valence-corrected chi connectivity index (χ3v) is 4.07. The zero-order chi connectivity index (χ0) is 21.4. The number of alkyl halides is 2. The zero-order valence-corrected chi connectivity index (χ0v) is 16.7. The van der Waals surface area contributed by atoms with Gasteiger partial charge in [-0.1, -0.05) is 37.2 Å². The van der Waals surface area contributed by atoms with Gasteiger partial charge in [0.1, 0.15) is 0 Å². The van der Waals surface area contributed by atoms with E-state index in [9.17, 15) is 13.6 Å². The second-order valence-electron chi connectivity index (χ2n) is 6.54.